The van der Waals surface area contributed by atoms with Crippen LogP contribution in [0.25, 0.3) is 0 Å². The van der Waals surface area contributed by atoms with E-state index in [0.717, 1.165) is 24.2 Å². The van der Waals surface area contributed by atoms with E-state index in [1.54, 1.807) is 0 Å². The van der Waals surface area contributed by atoms with Gasteiger partial charge in [0.15, 0.2) is 0 Å². The van der Waals surface area contributed by atoms with Crippen LogP contribution in [0.4, 0.5) is 0 Å². The molecular weight excluding hydrogens is 428 g/mol. The van der Waals surface area contributed by atoms with E-state index >= 15 is 0 Å². The molecule has 0 aromatic heterocycles. The maximum absolute atomic E-state index is 9.32. The van der Waals surface area contributed by atoms with Gasteiger partial charge in [-0.2, -0.15) is 0 Å². The summed E-state index contributed by atoms with van der Waals surface area (Å²) in [6.07, 6.45) is 11.8. The Hall–Kier alpha value is 0.170. The fraction of sp³-hybridized carbons (Fsp3) is 1.00. The fourth-order valence-corrected chi connectivity index (χ4v) is 5.06. The van der Waals surface area contributed by atoms with E-state index in [2.05, 4.69) is 59.5 Å². The maximum atomic E-state index is 9.32. The topological polar surface area (TPSA) is 58.3 Å². The van der Waals surface area contributed by atoms with Crippen molar-refractivity contribution in [2.75, 3.05) is 7.05 Å². The van der Waals surface area contributed by atoms with Crippen LogP contribution in [0.5, 0.6) is 0 Å². The molecule has 0 bridgehead atoms. The predicted octanol–water partition coefficient (Wildman–Crippen LogP) is 8.61. The van der Waals surface area contributed by atoms with Gasteiger partial charge in [-0.25, -0.2) is 0 Å². The number of nitrogens with one attached hydrogen (secondary N) is 1. The Bertz CT molecular complexity index is 392. The largest absolute Gasteiger partial charge is 0.378 e. The van der Waals surface area contributed by atoms with Crippen molar-refractivity contribution in [3.8, 4) is 0 Å². The van der Waals surface area contributed by atoms with Gasteiger partial charge in [-0.3, -0.25) is 5.32 Å². The molecule has 2 rings (SSSR count). The molecule has 0 aliphatic heterocycles. The van der Waals surface area contributed by atoms with Crippen LogP contribution in [-0.4, -0.2) is 29.8 Å². The molecule has 0 amide bonds. The van der Waals surface area contributed by atoms with Crippen LogP contribution in [0.1, 0.15) is 134 Å². The van der Waals surface area contributed by atoms with Crippen LogP contribution in [-0.2, 0) is 0 Å². The molecule has 4 N–H and O–H groups in total. The number of hydrogen-bond donors (Lipinski definition) is 3. The minimum Gasteiger partial charge on any atom is -0.378 e. The van der Waals surface area contributed by atoms with Gasteiger partial charge >= 0.3 is 0 Å². The van der Waals surface area contributed by atoms with E-state index in [1.807, 2.05) is 27.7 Å². The predicted molar refractivity (Wildman–Crippen MR) is 153 cm³/mol. The first-order valence-corrected chi connectivity index (χ1v) is 14.5. The van der Waals surface area contributed by atoms with Crippen molar-refractivity contribution in [1.29, 1.82) is 0 Å². The normalized spacial score (nSPS) is 22.9. The minimum atomic E-state index is -0.352. The Morgan fingerprint density at radius 3 is 1.67 bits per heavy atom. The van der Waals surface area contributed by atoms with Gasteiger partial charge < -0.3 is 10.8 Å². The van der Waals surface area contributed by atoms with Crippen LogP contribution < -0.4 is 11.1 Å². The summed E-state index contributed by atoms with van der Waals surface area (Å²) in [6, 6.07) is 0.414. The molecule has 0 radical (unpaired) electrons. The summed E-state index contributed by atoms with van der Waals surface area (Å²) < 4.78 is 0. The second-order valence-corrected chi connectivity index (χ2v) is 11.7. The number of aliphatic hydroxyl groups excluding tert-OH is 1. The first kappa shape index (κ1) is 37.7. The van der Waals surface area contributed by atoms with Crippen molar-refractivity contribution in [3.63, 3.8) is 0 Å². The highest BCUT2D eigenvalue weighted by molar-refractivity contribution is 6.20. The van der Waals surface area contributed by atoms with Crippen molar-refractivity contribution in [2.45, 2.75) is 152 Å². The summed E-state index contributed by atoms with van der Waals surface area (Å²) in [4.78, 5) is 0. The first-order valence-electron chi connectivity index (χ1n) is 14.1. The molecule has 2 aliphatic carbocycles. The zero-order chi connectivity index (χ0) is 26.6. The molecule has 3 nitrogen and oxygen atoms in total. The zero-order valence-electron chi connectivity index (χ0n) is 24.8. The van der Waals surface area contributed by atoms with Crippen molar-refractivity contribution >= 4 is 11.6 Å². The lowest BCUT2D eigenvalue weighted by atomic mass is 9.71. The molecule has 0 aromatic rings. The van der Waals surface area contributed by atoms with Gasteiger partial charge in [-0.15, -0.1) is 11.6 Å². The van der Waals surface area contributed by atoms with Crippen molar-refractivity contribution in [2.24, 2.45) is 34.8 Å². The lowest BCUT2D eigenvalue weighted by Gasteiger charge is -2.34. The van der Waals surface area contributed by atoms with E-state index in [4.69, 9.17) is 11.6 Å². The summed E-state index contributed by atoms with van der Waals surface area (Å²) in [5.41, 5.74) is 4.96. The second kappa shape index (κ2) is 22.6. The average molecular weight is 493 g/mol. The standard InChI is InChI=1S/C12H23Cl.C8H19NO.C6H12.C2H6.CH5N/c1-5-11(12(2,3)4)9-6-7-10(13)8-9;1-5-7(4)9-8(10)6(2)3;1-6-4-2-3-5-6;2*1-2/h9-11H,5-8H2,1-4H3;6-10H,5H2,1-4H3;6H,2-5H2,1H3;1-2H3;2H2,1H3. The van der Waals surface area contributed by atoms with Gasteiger partial charge in [0.2, 0.25) is 0 Å². The van der Waals surface area contributed by atoms with Crippen LogP contribution >= 0.6 is 11.6 Å². The molecule has 2 saturated carbocycles. The quantitative estimate of drug-likeness (QED) is 0.257. The molecule has 0 spiro atoms. The van der Waals surface area contributed by atoms with Gasteiger partial charge in [0.25, 0.3) is 0 Å². The molecule has 33 heavy (non-hydrogen) atoms. The Morgan fingerprint density at radius 2 is 1.42 bits per heavy atom. The zero-order valence-corrected chi connectivity index (χ0v) is 25.6. The molecule has 0 saturated heterocycles. The molecule has 0 aromatic carbocycles. The Morgan fingerprint density at radius 1 is 0.939 bits per heavy atom. The SMILES string of the molecule is CC.CC1CCCC1.CCC(C)NC(O)C(C)C.CCC(C1CCC(Cl)C1)C(C)(C)C.CN. The lowest BCUT2D eigenvalue weighted by Crippen LogP contribution is -2.39. The average Bonchev–Trinajstić information content (AvgIpc) is 3.42. The monoisotopic (exact) mass is 492 g/mol. The number of hydrogen-bond acceptors (Lipinski definition) is 3. The number of aliphatic hydroxyl groups is 1. The molecule has 0 heterocycles. The molecule has 5 atom stereocenters. The number of alkyl halides is 1. The van der Waals surface area contributed by atoms with Gasteiger partial charge in [0.1, 0.15) is 6.23 Å². The number of rotatable bonds is 6. The minimum absolute atomic E-state index is 0.300. The molecule has 2 fully saturated rings. The van der Waals surface area contributed by atoms with Crippen LogP contribution in [0.2, 0.25) is 0 Å². The second-order valence-electron chi connectivity index (χ2n) is 11.1. The Labute approximate surface area is 215 Å². The summed E-state index contributed by atoms with van der Waals surface area (Å²) in [5, 5.41) is 12.9. The highest BCUT2D eigenvalue weighted by atomic mass is 35.5. The van der Waals surface area contributed by atoms with Gasteiger partial charge in [0, 0.05) is 11.4 Å². The molecule has 204 valence electrons. The molecule has 5 unspecified atom stereocenters. The fourth-order valence-electron chi connectivity index (χ4n) is 4.71. The third-order valence-corrected chi connectivity index (χ3v) is 7.27. The van der Waals surface area contributed by atoms with Crippen LogP contribution in [0.3, 0.4) is 0 Å². The van der Waals surface area contributed by atoms with Gasteiger partial charge in [-0.05, 0) is 68.7 Å². The van der Waals surface area contributed by atoms with Crippen molar-refractivity contribution < 1.29 is 5.11 Å². The molecule has 4 heteroatoms. The molecular formula is C29H65ClN2O. The lowest BCUT2D eigenvalue weighted by molar-refractivity contribution is 0.0793. The van der Waals surface area contributed by atoms with E-state index in [0.29, 0.717) is 22.8 Å². The Balaban J connectivity index is -0.000000398. The van der Waals surface area contributed by atoms with Crippen LogP contribution in [0.15, 0.2) is 0 Å². The van der Waals surface area contributed by atoms with Crippen molar-refractivity contribution in [3.05, 3.63) is 0 Å². The van der Waals surface area contributed by atoms with Gasteiger partial charge in [-0.1, -0.05) is 101 Å². The van der Waals surface area contributed by atoms with E-state index < -0.39 is 0 Å². The third-order valence-electron chi connectivity index (χ3n) is 6.87. The summed E-state index contributed by atoms with van der Waals surface area (Å²) >= 11 is 6.16. The smallest absolute Gasteiger partial charge is 0.107 e. The third kappa shape index (κ3) is 20.1. The number of halogens is 1. The van der Waals surface area contributed by atoms with Crippen LogP contribution in [0, 0.1) is 29.1 Å². The first-order chi connectivity index (χ1) is 15.4. The summed E-state index contributed by atoms with van der Waals surface area (Å²) in [5.74, 6) is 3.09. The highest BCUT2D eigenvalue weighted by Crippen LogP contribution is 2.43. The van der Waals surface area contributed by atoms with E-state index in [9.17, 15) is 5.11 Å². The van der Waals surface area contributed by atoms with E-state index in [1.165, 1.54) is 58.4 Å². The van der Waals surface area contributed by atoms with E-state index in [-0.39, 0.29) is 6.23 Å². The molecule has 2 aliphatic rings. The maximum Gasteiger partial charge on any atom is 0.107 e. The summed E-state index contributed by atoms with van der Waals surface area (Å²) in [7, 11) is 1.50. The highest BCUT2D eigenvalue weighted by Gasteiger charge is 2.35. The van der Waals surface area contributed by atoms with Gasteiger partial charge in [0.05, 0.1) is 0 Å². The Kier molecular flexibility index (Phi) is 25.9. The van der Waals surface area contributed by atoms with Crippen molar-refractivity contribution in [1.82, 2.24) is 5.32 Å². The summed E-state index contributed by atoms with van der Waals surface area (Å²) in [6.45, 7) is 23.9. The number of nitrogens with two attached hydrogens (primary N) is 1.